The van der Waals surface area contributed by atoms with Crippen LogP contribution in [0.25, 0.3) is 0 Å². The minimum atomic E-state index is 0.313. The molecule has 1 aliphatic heterocycles. The van der Waals surface area contributed by atoms with Crippen LogP contribution in [-0.4, -0.2) is 48.6 Å². The van der Waals surface area contributed by atoms with Crippen LogP contribution in [0.5, 0.6) is 0 Å². The molecule has 1 saturated heterocycles. The summed E-state index contributed by atoms with van der Waals surface area (Å²) in [7, 11) is 0. The van der Waals surface area contributed by atoms with Gasteiger partial charge in [0.2, 0.25) is 0 Å². The Hall–Kier alpha value is 0.0600. The summed E-state index contributed by atoms with van der Waals surface area (Å²) in [4.78, 5) is 5.11. The van der Waals surface area contributed by atoms with Gasteiger partial charge in [-0.25, -0.2) is 0 Å². The molecule has 1 aliphatic rings. The van der Waals surface area contributed by atoms with Crippen LogP contribution >= 0.6 is 31.9 Å². The number of nitrogens with two attached hydrogens (primary N) is 1. The first kappa shape index (κ1) is 17.4. The van der Waals surface area contributed by atoms with Gasteiger partial charge in [-0.2, -0.15) is 0 Å². The Morgan fingerprint density at radius 2 is 1.71 bits per heavy atom. The Bertz CT molecular complexity index is 459. The summed E-state index contributed by atoms with van der Waals surface area (Å²) in [6.07, 6.45) is 1.22. The predicted octanol–water partition coefficient (Wildman–Crippen LogP) is 3.63. The molecular formula is C16H25Br2N3. The van der Waals surface area contributed by atoms with Crippen molar-refractivity contribution in [1.82, 2.24) is 9.80 Å². The van der Waals surface area contributed by atoms with Crippen molar-refractivity contribution in [3.05, 3.63) is 32.7 Å². The highest BCUT2D eigenvalue weighted by atomic mass is 79.9. The van der Waals surface area contributed by atoms with Crippen LogP contribution in [0.15, 0.2) is 27.1 Å². The van der Waals surface area contributed by atoms with E-state index in [1.807, 2.05) is 0 Å². The first-order chi connectivity index (χ1) is 10.1. The van der Waals surface area contributed by atoms with E-state index in [4.69, 9.17) is 5.73 Å². The van der Waals surface area contributed by atoms with Crippen LogP contribution in [0.2, 0.25) is 0 Å². The molecule has 0 bridgehead atoms. The Morgan fingerprint density at radius 3 is 2.24 bits per heavy atom. The summed E-state index contributed by atoms with van der Waals surface area (Å²) in [5.74, 6) is 0. The van der Waals surface area contributed by atoms with Crippen LogP contribution in [0.1, 0.15) is 31.9 Å². The van der Waals surface area contributed by atoms with Gasteiger partial charge in [-0.15, -0.1) is 0 Å². The average Bonchev–Trinajstić information content (AvgIpc) is 2.51. The largest absolute Gasteiger partial charge is 0.329 e. The summed E-state index contributed by atoms with van der Waals surface area (Å²) in [5.41, 5.74) is 7.36. The van der Waals surface area contributed by atoms with Gasteiger partial charge in [0.05, 0.1) is 0 Å². The van der Waals surface area contributed by atoms with E-state index in [-0.39, 0.29) is 0 Å². The van der Waals surface area contributed by atoms with E-state index in [1.165, 1.54) is 12.0 Å². The summed E-state index contributed by atoms with van der Waals surface area (Å²) >= 11 is 7.12. The molecule has 2 N–H and O–H groups in total. The van der Waals surface area contributed by atoms with E-state index < -0.39 is 0 Å². The third-order valence-corrected chi connectivity index (χ3v) is 6.44. The Morgan fingerprint density at radius 1 is 1.10 bits per heavy atom. The second-order valence-corrected chi connectivity index (χ2v) is 7.46. The second-order valence-electron chi connectivity index (χ2n) is 5.75. The molecule has 0 aliphatic carbocycles. The number of hydrogen-bond acceptors (Lipinski definition) is 3. The zero-order chi connectivity index (χ0) is 15.4. The molecule has 21 heavy (non-hydrogen) atoms. The van der Waals surface area contributed by atoms with Gasteiger partial charge in [0.15, 0.2) is 0 Å². The van der Waals surface area contributed by atoms with Gasteiger partial charge < -0.3 is 5.73 Å². The van der Waals surface area contributed by atoms with Gasteiger partial charge in [-0.05, 0) is 62.9 Å². The highest BCUT2D eigenvalue weighted by Gasteiger charge is 2.25. The second kappa shape index (κ2) is 8.06. The number of halogens is 2. The Balaban J connectivity index is 2.04. The highest BCUT2D eigenvalue weighted by molar-refractivity contribution is 9.13. The lowest BCUT2D eigenvalue weighted by Crippen LogP contribution is -2.51. The molecule has 2 rings (SSSR count). The van der Waals surface area contributed by atoms with E-state index in [2.05, 4.69) is 73.7 Å². The van der Waals surface area contributed by atoms with Crippen LogP contribution in [0.4, 0.5) is 0 Å². The maximum atomic E-state index is 6.06. The topological polar surface area (TPSA) is 32.5 Å². The molecule has 3 nitrogen and oxygen atoms in total. The number of piperazine rings is 1. The van der Waals surface area contributed by atoms with Crippen molar-refractivity contribution >= 4 is 31.9 Å². The molecule has 0 aromatic heterocycles. The fourth-order valence-electron chi connectivity index (χ4n) is 2.96. The molecule has 0 saturated carbocycles. The lowest BCUT2D eigenvalue weighted by molar-refractivity contribution is 0.0743. The van der Waals surface area contributed by atoms with Crippen molar-refractivity contribution in [2.45, 2.75) is 32.4 Å². The van der Waals surface area contributed by atoms with Gasteiger partial charge in [0, 0.05) is 53.8 Å². The maximum Gasteiger partial charge on any atom is 0.0471 e. The van der Waals surface area contributed by atoms with E-state index in [1.54, 1.807) is 0 Å². The third-order valence-electron chi connectivity index (χ3n) is 4.56. The summed E-state index contributed by atoms with van der Waals surface area (Å²) in [6.45, 7) is 9.73. The van der Waals surface area contributed by atoms with Crippen LogP contribution < -0.4 is 5.73 Å². The van der Waals surface area contributed by atoms with Crippen molar-refractivity contribution in [3.63, 3.8) is 0 Å². The molecule has 1 aromatic rings. The lowest BCUT2D eigenvalue weighted by atomic mass is 10.0. The summed E-state index contributed by atoms with van der Waals surface area (Å²) in [6, 6.07) is 7.45. The van der Waals surface area contributed by atoms with Crippen molar-refractivity contribution < 1.29 is 0 Å². The van der Waals surface area contributed by atoms with Gasteiger partial charge in [0.1, 0.15) is 0 Å². The summed E-state index contributed by atoms with van der Waals surface area (Å²) in [5, 5.41) is 0. The number of hydrogen-bond donors (Lipinski definition) is 1. The summed E-state index contributed by atoms with van der Waals surface area (Å²) < 4.78 is 2.18. The van der Waals surface area contributed by atoms with Crippen molar-refractivity contribution in [1.29, 1.82) is 0 Å². The number of nitrogens with zero attached hydrogens (tertiary/aromatic N) is 2. The quantitative estimate of drug-likeness (QED) is 0.792. The van der Waals surface area contributed by atoms with Crippen molar-refractivity contribution in [2.24, 2.45) is 5.73 Å². The van der Waals surface area contributed by atoms with E-state index in [0.717, 1.165) is 35.1 Å². The van der Waals surface area contributed by atoms with E-state index in [0.29, 0.717) is 18.6 Å². The third kappa shape index (κ3) is 4.29. The molecule has 1 fully saturated rings. The first-order valence-corrected chi connectivity index (χ1v) is 9.28. The first-order valence-electron chi connectivity index (χ1n) is 7.70. The minimum absolute atomic E-state index is 0.313. The maximum absolute atomic E-state index is 6.06. The monoisotopic (exact) mass is 417 g/mol. The molecule has 0 amide bonds. The smallest absolute Gasteiger partial charge is 0.0471 e. The van der Waals surface area contributed by atoms with Crippen molar-refractivity contribution in [2.75, 3.05) is 32.7 Å². The fourth-order valence-corrected chi connectivity index (χ4v) is 3.61. The van der Waals surface area contributed by atoms with Gasteiger partial charge in [-0.3, -0.25) is 9.80 Å². The molecule has 0 spiro atoms. The fraction of sp³-hybridized carbons (Fsp3) is 0.625. The van der Waals surface area contributed by atoms with Gasteiger partial charge >= 0.3 is 0 Å². The van der Waals surface area contributed by atoms with Gasteiger partial charge in [0.25, 0.3) is 0 Å². The lowest BCUT2D eigenvalue weighted by Gasteiger charge is -2.41. The SMILES string of the molecule is CCC(C)N1CCN(C(CN)c2ccc(Br)c(Br)c2)CC1. The molecule has 0 radical (unpaired) electrons. The molecule has 2 atom stereocenters. The molecular weight excluding hydrogens is 394 g/mol. The standard InChI is InChI=1S/C16H25Br2N3/c1-3-12(2)20-6-8-21(9-7-20)16(11-19)13-4-5-14(17)15(18)10-13/h4-5,10,12,16H,3,6-9,11,19H2,1-2H3. The molecule has 1 heterocycles. The van der Waals surface area contributed by atoms with E-state index in [9.17, 15) is 0 Å². The average molecular weight is 419 g/mol. The van der Waals surface area contributed by atoms with Crippen LogP contribution in [0.3, 0.4) is 0 Å². The van der Waals surface area contributed by atoms with Gasteiger partial charge in [-0.1, -0.05) is 13.0 Å². The molecule has 2 unspecified atom stereocenters. The molecule has 1 aromatic carbocycles. The minimum Gasteiger partial charge on any atom is -0.329 e. The Labute approximate surface area is 145 Å². The predicted molar refractivity (Wildman–Crippen MR) is 96.5 cm³/mol. The molecule has 5 heteroatoms. The number of rotatable bonds is 5. The highest BCUT2D eigenvalue weighted by Crippen LogP contribution is 2.29. The zero-order valence-electron chi connectivity index (χ0n) is 12.9. The Kier molecular flexibility index (Phi) is 6.69. The van der Waals surface area contributed by atoms with Crippen molar-refractivity contribution in [3.8, 4) is 0 Å². The normalized spacial score (nSPS) is 20.4. The zero-order valence-corrected chi connectivity index (χ0v) is 16.0. The molecule has 118 valence electrons. The van der Waals surface area contributed by atoms with Crippen LogP contribution in [-0.2, 0) is 0 Å². The number of benzene rings is 1. The van der Waals surface area contributed by atoms with E-state index >= 15 is 0 Å². The van der Waals surface area contributed by atoms with Crippen LogP contribution in [0, 0.1) is 0 Å².